The fourth-order valence-corrected chi connectivity index (χ4v) is 2.03. The van der Waals surface area contributed by atoms with Crippen LogP contribution in [0.1, 0.15) is 20.3 Å². The summed E-state index contributed by atoms with van der Waals surface area (Å²) < 4.78 is 0. The molecule has 2 aliphatic rings. The first-order valence-corrected chi connectivity index (χ1v) is 5.00. The summed E-state index contributed by atoms with van der Waals surface area (Å²) in [6, 6.07) is 0.308. The van der Waals surface area contributed by atoms with Gasteiger partial charge >= 0.3 is 0 Å². The van der Waals surface area contributed by atoms with Crippen LogP contribution in [0.3, 0.4) is 0 Å². The summed E-state index contributed by atoms with van der Waals surface area (Å²) in [7, 11) is 0. The Morgan fingerprint density at radius 2 is 2.08 bits per heavy atom. The first-order chi connectivity index (χ1) is 6.20. The predicted octanol–water partition coefficient (Wildman–Crippen LogP) is 0.166. The van der Waals surface area contributed by atoms with Crippen molar-refractivity contribution in [2.45, 2.75) is 26.3 Å². The van der Waals surface area contributed by atoms with E-state index in [1.807, 2.05) is 0 Å². The molecule has 3 N–H and O–H groups in total. The van der Waals surface area contributed by atoms with Gasteiger partial charge in [0.05, 0.1) is 0 Å². The van der Waals surface area contributed by atoms with Crippen LogP contribution >= 0.6 is 0 Å². The molecule has 1 aliphatic heterocycles. The van der Waals surface area contributed by atoms with Crippen molar-refractivity contribution >= 4 is 5.96 Å². The Hall–Kier alpha value is -0.770. The monoisotopic (exact) mass is 182 g/mol. The average molecular weight is 182 g/mol. The third kappa shape index (κ3) is 1.77. The van der Waals surface area contributed by atoms with E-state index in [0.29, 0.717) is 6.04 Å². The average Bonchev–Trinajstić information content (AvgIpc) is 2.69. The quantitative estimate of drug-likeness (QED) is 0.263. The summed E-state index contributed by atoms with van der Waals surface area (Å²) in [5, 5.41) is 0. The molecule has 0 aromatic heterocycles. The number of fused-ring (bicyclic) bond motifs is 1. The van der Waals surface area contributed by atoms with Gasteiger partial charge in [0.15, 0.2) is 0 Å². The molecule has 1 saturated carbocycles. The summed E-state index contributed by atoms with van der Waals surface area (Å²) in [4.78, 5) is 6.70. The zero-order chi connectivity index (χ0) is 9.42. The molecule has 2 rings (SSSR count). The van der Waals surface area contributed by atoms with Crippen LogP contribution in [0, 0.1) is 11.8 Å². The first-order valence-electron chi connectivity index (χ1n) is 5.00. The number of likely N-dealkylation sites (tertiary alicyclic amines) is 1. The van der Waals surface area contributed by atoms with Crippen LogP contribution < -0.4 is 11.3 Å². The molecular formula is C9H18N4. The van der Waals surface area contributed by atoms with Gasteiger partial charge in [0.1, 0.15) is 0 Å². The molecule has 0 amide bonds. The molecule has 13 heavy (non-hydrogen) atoms. The predicted molar refractivity (Wildman–Crippen MR) is 53.1 cm³/mol. The number of hydrogen-bond acceptors (Lipinski definition) is 2. The number of nitrogens with two attached hydrogens (primary N) is 1. The molecular weight excluding hydrogens is 164 g/mol. The lowest BCUT2D eigenvalue weighted by atomic mass is 10.4. The summed E-state index contributed by atoms with van der Waals surface area (Å²) in [5.41, 5.74) is 2.69. The summed E-state index contributed by atoms with van der Waals surface area (Å²) in [5.74, 6) is 8.15. The van der Waals surface area contributed by atoms with Crippen LogP contribution in [-0.4, -0.2) is 30.0 Å². The molecule has 0 aromatic carbocycles. The van der Waals surface area contributed by atoms with Crippen molar-refractivity contribution in [3.63, 3.8) is 0 Å². The Bertz CT molecular complexity index is 214. The molecule has 2 fully saturated rings. The van der Waals surface area contributed by atoms with Gasteiger partial charge in [-0.15, -0.1) is 0 Å². The van der Waals surface area contributed by atoms with Gasteiger partial charge in [-0.05, 0) is 32.1 Å². The Balaban J connectivity index is 1.96. The Kier molecular flexibility index (Phi) is 2.15. The van der Waals surface area contributed by atoms with E-state index >= 15 is 0 Å². The molecule has 1 heterocycles. The molecule has 0 spiro atoms. The van der Waals surface area contributed by atoms with E-state index < -0.39 is 0 Å². The first kappa shape index (κ1) is 8.81. The number of piperidine rings is 1. The fraction of sp³-hybridized carbons (Fsp3) is 0.889. The molecule has 0 radical (unpaired) electrons. The van der Waals surface area contributed by atoms with Crippen LogP contribution in [0.25, 0.3) is 0 Å². The molecule has 4 heteroatoms. The number of hydrazine groups is 1. The van der Waals surface area contributed by atoms with Gasteiger partial charge in [-0.1, -0.05) is 0 Å². The second-order valence-electron chi connectivity index (χ2n) is 4.35. The van der Waals surface area contributed by atoms with Crippen molar-refractivity contribution in [1.82, 2.24) is 10.3 Å². The van der Waals surface area contributed by atoms with Gasteiger partial charge in [-0.25, -0.2) is 10.8 Å². The molecule has 2 unspecified atom stereocenters. The lowest BCUT2D eigenvalue weighted by Gasteiger charge is -2.22. The zero-order valence-electron chi connectivity index (χ0n) is 8.33. The Morgan fingerprint density at radius 3 is 2.54 bits per heavy atom. The van der Waals surface area contributed by atoms with Gasteiger partial charge in [-0.2, -0.15) is 0 Å². The fourth-order valence-electron chi connectivity index (χ4n) is 2.03. The van der Waals surface area contributed by atoms with Crippen LogP contribution in [0.15, 0.2) is 4.99 Å². The van der Waals surface area contributed by atoms with Gasteiger partial charge in [-0.3, -0.25) is 5.43 Å². The highest BCUT2D eigenvalue weighted by atomic mass is 15.4. The number of nitrogens with one attached hydrogen (secondary N) is 1. The molecule has 0 aromatic rings. The number of hydrogen-bond donors (Lipinski definition) is 2. The summed E-state index contributed by atoms with van der Waals surface area (Å²) in [6.07, 6.45) is 1.41. The second kappa shape index (κ2) is 3.18. The van der Waals surface area contributed by atoms with Crippen LogP contribution in [-0.2, 0) is 0 Å². The van der Waals surface area contributed by atoms with Gasteiger partial charge in [0.2, 0.25) is 5.96 Å². The molecule has 1 saturated heterocycles. The van der Waals surface area contributed by atoms with Crippen molar-refractivity contribution < 1.29 is 0 Å². The van der Waals surface area contributed by atoms with Crippen molar-refractivity contribution in [3.05, 3.63) is 0 Å². The van der Waals surface area contributed by atoms with E-state index in [0.717, 1.165) is 30.9 Å². The van der Waals surface area contributed by atoms with Crippen molar-refractivity contribution in [2.75, 3.05) is 13.1 Å². The van der Waals surface area contributed by atoms with E-state index in [1.54, 1.807) is 0 Å². The minimum Gasteiger partial charge on any atom is -0.341 e. The summed E-state index contributed by atoms with van der Waals surface area (Å²) in [6.45, 7) is 6.41. The number of nitrogens with zero attached hydrogens (tertiary/aromatic N) is 2. The number of rotatable bonds is 1. The van der Waals surface area contributed by atoms with Crippen molar-refractivity contribution in [1.29, 1.82) is 0 Å². The lowest BCUT2D eigenvalue weighted by molar-refractivity contribution is 0.440. The van der Waals surface area contributed by atoms with E-state index in [1.165, 1.54) is 6.42 Å². The molecule has 74 valence electrons. The van der Waals surface area contributed by atoms with E-state index in [4.69, 9.17) is 5.84 Å². The number of guanidine groups is 1. The zero-order valence-corrected chi connectivity index (χ0v) is 8.33. The minimum absolute atomic E-state index is 0.308. The van der Waals surface area contributed by atoms with Gasteiger partial charge in [0.25, 0.3) is 0 Å². The molecule has 4 nitrogen and oxygen atoms in total. The topological polar surface area (TPSA) is 53.6 Å². The van der Waals surface area contributed by atoms with E-state index in [2.05, 4.69) is 29.2 Å². The van der Waals surface area contributed by atoms with Gasteiger partial charge in [0, 0.05) is 19.1 Å². The highest BCUT2D eigenvalue weighted by molar-refractivity contribution is 5.80. The minimum atomic E-state index is 0.308. The van der Waals surface area contributed by atoms with Crippen LogP contribution in [0.2, 0.25) is 0 Å². The van der Waals surface area contributed by atoms with E-state index in [-0.39, 0.29) is 0 Å². The maximum Gasteiger partial charge on any atom is 0.208 e. The normalized spacial score (nSPS) is 32.3. The number of aliphatic imine (C=N–C) groups is 1. The second-order valence-corrected chi connectivity index (χ2v) is 4.35. The lowest BCUT2D eigenvalue weighted by Crippen LogP contribution is -2.45. The van der Waals surface area contributed by atoms with Crippen LogP contribution in [0.5, 0.6) is 0 Å². The highest BCUT2D eigenvalue weighted by Crippen LogP contribution is 2.44. The SMILES string of the molecule is CC(C)N=C(NN)N1CC2CC2C1. The largest absolute Gasteiger partial charge is 0.341 e. The van der Waals surface area contributed by atoms with E-state index in [9.17, 15) is 0 Å². The standard InChI is InChI=1S/C9H18N4/c1-6(2)11-9(12-10)13-4-7-3-8(7)5-13/h6-8H,3-5,10H2,1-2H3,(H,11,12). The molecule has 2 atom stereocenters. The molecule has 1 aliphatic carbocycles. The Morgan fingerprint density at radius 1 is 1.46 bits per heavy atom. The third-order valence-electron chi connectivity index (χ3n) is 2.79. The van der Waals surface area contributed by atoms with Crippen molar-refractivity contribution in [3.8, 4) is 0 Å². The van der Waals surface area contributed by atoms with Crippen molar-refractivity contribution in [2.24, 2.45) is 22.7 Å². The maximum absolute atomic E-state index is 5.44. The van der Waals surface area contributed by atoms with Gasteiger partial charge < -0.3 is 4.90 Å². The Labute approximate surface area is 79.2 Å². The highest BCUT2D eigenvalue weighted by Gasteiger charge is 2.45. The third-order valence-corrected chi connectivity index (χ3v) is 2.79. The molecule has 0 bridgehead atoms. The smallest absolute Gasteiger partial charge is 0.208 e. The maximum atomic E-state index is 5.44. The van der Waals surface area contributed by atoms with Crippen LogP contribution in [0.4, 0.5) is 0 Å². The summed E-state index contributed by atoms with van der Waals surface area (Å²) >= 11 is 0.